The van der Waals surface area contributed by atoms with Crippen LogP contribution in [0.4, 0.5) is 13.2 Å². The van der Waals surface area contributed by atoms with Gasteiger partial charge in [-0.05, 0) is 43.2 Å². The molecule has 1 saturated carbocycles. The molecule has 10 heteroatoms. The summed E-state index contributed by atoms with van der Waals surface area (Å²) in [5.74, 6) is 0. The molecule has 4 rings (SSSR count). The number of aromatic nitrogens is 1. The summed E-state index contributed by atoms with van der Waals surface area (Å²) in [6.45, 7) is 5.55. The number of halogens is 3. The molecule has 3 aliphatic rings. The summed E-state index contributed by atoms with van der Waals surface area (Å²) in [6, 6.07) is 1.26. The van der Waals surface area contributed by atoms with E-state index in [4.69, 9.17) is 4.74 Å². The number of ether oxygens (including phenoxy) is 1. The predicted molar refractivity (Wildman–Crippen MR) is 95.2 cm³/mol. The van der Waals surface area contributed by atoms with Crippen molar-refractivity contribution in [3.63, 3.8) is 0 Å². The molecule has 1 aromatic rings. The average Bonchev–Trinajstić information content (AvgIpc) is 3.06. The molecule has 0 N–H and O–H groups in total. The van der Waals surface area contributed by atoms with Crippen LogP contribution in [0.2, 0.25) is 0 Å². The number of sulfonamides is 1. The molecular weight excluding hydrogens is 395 g/mol. The van der Waals surface area contributed by atoms with Gasteiger partial charge in [0.2, 0.25) is 10.0 Å². The lowest BCUT2D eigenvalue weighted by Gasteiger charge is -2.47. The highest BCUT2D eigenvalue weighted by Crippen LogP contribution is 2.49. The molecule has 28 heavy (non-hydrogen) atoms. The van der Waals surface area contributed by atoms with E-state index < -0.39 is 21.9 Å². The summed E-state index contributed by atoms with van der Waals surface area (Å²) in [5.41, 5.74) is -1.02. The molecule has 1 aromatic heterocycles. The Morgan fingerprint density at radius 2 is 1.93 bits per heavy atom. The minimum atomic E-state index is -4.59. The van der Waals surface area contributed by atoms with Crippen LogP contribution in [0.15, 0.2) is 17.2 Å². The second-order valence-corrected chi connectivity index (χ2v) is 10.1. The van der Waals surface area contributed by atoms with Gasteiger partial charge in [-0.1, -0.05) is 0 Å². The molecule has 0 unspecified atom stereocenters. The first kappa shape index (κ1) is 20.1. The van der Waals surface area contributed by atoms with Crippen molar-refractivity contribution in [1.82, 2.24) is 14.2 Å². The zero-order valence-electron chi connectivity index (χ0n) is 15.7. The van der Waals surface area contributed by atoms with E-state index in [1.807, 2.05) is 0 Å². The summed E-state index contributed by atoms with van der Waals surface area (Å²) in [4.78, 5) is 5.62. The molecule has 3 heterocycles. The van der Waals surface area contributed by atoms with Crippen molar-refractivity contribution < 1.29 is 26.3 Å². The Morgan fingerprint density at radius 3 is 2.54 bits per heavy atom. The van der Waals surface area contributed by atoms with Crippen molar-refractivity contribution in [2.45, 2.75) is 43.3 Å². The van der Waals surface area contributed by atoms with Gasteiger partial charge in [0.15, 0.2) is 0 Å². The van der Waals surface area contributed by atoms with Gasteiger partial charge >= 0.3 is 6.18 Å². The standard InChI is InChI=1S/C18H24F3N3O3S/c1-13-8-16(18(19,20)21)22-10-15(13)28(25,26)24-11-17(12-24)3-2-14(9-17)23-4-6-27-7-5-23/h8,10,14H,2-7,9,11-12H2,1H3/t14-/m0/s1. The Hall–Kier alpha value is -1.23. The highest BCUT2D eigenvalue weighted by atomic mass is 32.2. The molecule has 0 aromatic carbocycles. The van der Waals surface area contributed by atoms with E-state index in [2.05, 4.69) is 9.88 Å². The number of hydrogen-bond donors (Lipinski definition) is 0. The SMILES string of the molecule is Cc1cc(C(F)(F)F)ncc1S(=O)(=O)N1CC2(CC[C@H](N3CCOCC3)C2)C1. The van der Waals surface area contributed by atoms with Gasteiger partial charge in [0.1, 0.15) is 10.6 Å². The van der Waals surface area contributed by atoms with Crippen molar-refractivity contribution in [2.75, 3.05) is 39.4 Å². The molecule has 6 nitrogen and oxygen atoms in total. The third-order valence-electron chi connectivity index (χ3n) is 6.23. The van der Waals surface area contributed by atoms with E-state index in [9.17, 15) is 21.6 Å². The predicted octanol–water partition coefficient (Wildman–Crippen LogP) is 2.28. The van der Waals surface area contributed by atoms with Crippen molar-refractivity contribution in [2.24, 2.45) is 5.41 Å². The summed E-state index contributed by atoms with van der Waals surface area (Å²) in [6.07, 6.45) is -0.765. The highest BCUT2D eigenvalue weighted by Gasteiger charge is 2.53. The zero-order valence-corrected chi connectivity index (χ0v) is 16.5. The van der Waals surface area contributed by atoms with Gasteiger partial charge in [-0.3, -0.25) is 9.88 Å². The molecule has 2 saturated heterocycles. The molecule has 0 bridgehead atoms. The topological polar surface area (TPSA) is 62.7 Å². The van der Waals surface area contributed by atoms with Crippen LogP contribution < -0.4 is 0 Å². The molecule has 1 spiro atoms. The fraction of sp³-hybridized carbons (Fsp3) is 0.722. The second-order valence-electron chi connectivity index (χ2n) is 8.15. The lowest BCUT2D eigenvalue weighted by Crippen LogP contribution is -2.57. The number of pyridine rings is 1. The van der Waals surface area contributed by atoms with Crippen LogP contribution in [0.3, 0.4) is 0 Å². The summed E-state index contributed by atoms with van der Waals surface area (Å²) >= 11 is 0. The first-order chi connectivity index (χ1) is 13.1. The van der Waals surface area contributed by atoms with Crippen LogP contribution >= 0.6 is 0 Å². The van der Waals surface area contributed by atoms with Gasteiger partial charge in [0.05, 0.1) is 13.2 Å². The largest absolute Gasteiger partial charge is 0.433 e. The zero-order chi connectivity index (χ0) is 20.2. The molecule has 0 radical (unpaired) electrons. The van der Waals surface area contributed by atoms with Gasteiger partial charge in [-0.2, -0.15) is 17.5 Å². The summed E-state index contributed by atoms with van der Waals surface area (Å²) < 4.78 is 70.9. The number of hydrogen-bond acceptors (Lipinski definition) is 5. The number of aryl methyl sites for hydroxylation is 1. The van der Waals surface area contributed by atoms with Crippen LogP contribution in [0.5, 0.6) is 0 Å². The minimum absolute atomic E-state index is 0.0106. The van der Waals surface area contributed by atoms with E-state index in [0.717, 1.165) is 57.8 Å². The number of alkyl halides is 3. The van der Waals surface area contributed by atoms with Crippen molar-refractivity contribution in [3.8, 4) is 0 Å². The Balaban J connectivity index is 1.44. The first-order valence-corrected chi connectivity index (χ1v) is 10.9. The van der Waals surface area contributed by atoms with Gasteiger partial charge in [0, 0.05) is 38.4 Å². The molecule has 1 aliphatic carbocycles. The maximum absolute atomic E-state index is 12.9. The fourth-order valence-corrected chi connectivity index (χ4v) is 6.52. The lowest BCUT2D eigenvalue weighted by atomic mass is 9.80. The normalized spacial score (nSPS) is 26.5. The van der Waals surface area contributed by atoms with Crippen LogP contribution in [-0.4, -0.2) is 68.0 Å². The van der Waals surface area contributed by atoms with Crippen molar-refractivity contribution in [3.05, 3.63) is 23.5 Å². The maximum atomic E-state index is 12.9. The number of nitrogens with zero attached hydrogens (tertiary/aromatic N) is 3. The molecule has 2 aliphatic heterocycles. The van der Waals surface area contributed by atoms with Crippen molar-refractivity contribution in [1.29, 1.82) is 0 Å². The molecule has 0 amide bonds. The Kier molecular flexibility index (Phi) is 4.96. The van der Waals surface area contributed by atoms with E-state index in [1.54, 1.807) is 0 Å². The second kappa shape index (κ2) is 6.93. The van der Waals surface area contributed by atoms with Crippen molar-refractivity contribution >= 4 is 10.0 Å². The molecule has 156 valence electrons. The van der Waals surface area contributed by atoms with E-state index >= 15 is 0 Å². The Morgan fingerprint density at radius 1 is 1.25 bits per heavy atom. The van der Waals surface area contributed by atoms with Gasteiger partial charge in [-0.15, -0.1) is 0 Å². The first-order valence-electron chi connectivity index (χ1n) is 9.47. The quantitative estimate of drug-likeness (QED) is 0.752. The Labute approximate surface area is 162 Å². The van der Waals surface area contributed by atoms with Crippen LogP contribution in [0, 0.1) is 12.3 Å². The van der Waals surface area contributed by atoms with Crippen LogP contribution in [0.1, 0.15) is 30.5 Å². The highest BCUT2D eigenvalue weighted by molar-refractivity contribution is 7.89. The van der Waals surface area contributed by atoms with E-state index in [1.165, 1.54) is 11.2 Å². The lowest BCUT2D eigenvalue weighted by molar-refractivity contribution is -0.141. The Bertz CT molecular complexity index is 847. The summed E-state index contributed by atoms with van der Waals surface area (Å²) in [5, 5.41) is 0. The number of rotatable bonds is 3. The van der Waals surface area contributed by atoms with Gasteiger partial charge in [-0.25, -0.2) is 8.42 Å². The van der Waals surface area contributed by atoms with E-state index in [-0.39, 0.29) is 15.9 Å². The summed E-state index contributed by atoms with van der Waals surface area (Å²) in [7, 11) is -3.83. The third-order valence-corrected chi connectivity index (χ3v) is 8.15. The molecular formula is C18H24F3N3O3S. The number of morpholine rings is 1. The molecule has 3 fully saturated rings. The van der Waals surface area contributed by atoms with E-state index in [0.29, 0.717) is 19.1 Å². The maximum Gasteiger partial charge on any atom is 0.433 e. The fourth-order valence-electron chi connectivity index (χ4n) is 4.70. The average molecular weight is 419 g/mol. The van der Waals surface area contributed by atoms with Gasteiger partial charge in [0.25, 0.3) is 0 Å². The molecule has 1 atom stereocenters. The minimum Gasteiger partial charge on any atom is -0.379 e. The van der Waals surface area contributed by atoms with Crippen LogP contribution in [0.25, 0.3) is 0 Å². The monoisotopic (exact) mass is 419 g/mol. The third kappa shape index (κ3) is 3.55. The van der Waals surface area contributed by atoms with Crippen LogP contribution in [-0.2, 0) is 20.9 Å². The van der Waals surface area contributed by atoms with Gasteiger partial charge < -0.3 is 4.74 Å². The smallest absolute Gasteiger partial charge is 0.379 e.